The lowest BCUT2D eigenvalue weighted by Crippen LogP contribution is -2.36. The quantitative estimate of drug-likeness (QED) is 0.916. The highest BCUT2D eigenvalue weighted by atomic mass is 19.1. The van der Waals surface area contributed by atoms with E-state index in [1.165, 1.54) is 6.07 Å². The molecule has 0 aliphatic carbocycles. The van der Waals surface area contributed by atoms with Crippen LogP contribution in [0.15, 0.2) is 42.7 Å². The fourth-order valence-electron chi connectivity index (χ4n) is 2.95. The van der Waals surface area contributed by atoms with E-state index < -0.39 is 17.5 Å². The molecule has 0 radical (unpaired) electrons. The minimum absolute atomic E-state index is 0.105. The molecule has 1 atom stereocenters. The van der Waals surface area contributed by atoms with Gasteiger partial charge in [0.1, 0.15) is 11.6 Å². The number of rotatable bonds is 5. The Morgan fingerprint density at radius 2 is 2.21 bits per heavy atom. The minimum atomic E-state index is -0.833. The van der Waals surface area contributed by atoms with Crippen molar-refractivity contribution in [2.24, 2.45) is 5.92 Å². The maximum absolute atomic E-state index is 14.0. The SMILES string of the molecule is O=C(c1ccc(F)cc1F)N(Cc1cccnc1)CC1CCNC1. The predicted molar refractivity (Wildman–Crippen MR) is 86.3 cm³/mol. The van der Waals surface area contributed by atoms with Gasteiger partial charge in [0.2, 0.25) is 0 Å². The molecule has 0 spiro atoms. The van der Waals surface area contributed by atoms with Crippen LogP contribution in [0.5, 0.6) is 0 Å². The zero-order valence-corrected chi connectivity index (χ0v) is 13.2. The van der Waals surface area contributed by atoms with Crippen molar-refractivity contribution in [1.29, 1.82) is 0 Å². The molecule has 1 aromatic heterocycles. The number of halogens is 2. The molecule has 1 amide bonds. The molecule has 1 unspecified atom stereocenters. The number of amides is 1. The third-order valence-electron chi connectivity index (χ3n) is 4.19. The second kappa shape index (κ2) is 7.49. The Hall–Kier alpha value is -2.34. The standard InChI is InChI=1S/C18H19F2N3O/c19-15-3-4-16(17(20)8-15)18(24)23(12-14-5-7-22-10-14)11-13-2-1-6-21-9-13/h1-4,6,8-9,14,22H,5,7,10-12H2. The Morgan fingerprint density at radius 3 is 2.88 bits per heavy atom. The van der Waals surface area contributed by atoms with E-state index in [1.54, 1.807) is 23.4 Å². The number of nitrogens with zero attached hydrogens (tertiary/aromatic N) is 2. The van der Waals surface area contributed by atoms with Crippen LogP contribution in [0.1, 0.15) is 22.3 Å². The predicted octanol–water partition coefficient (Wildman–Crippen LogP) is 2.61. The van der Waals surface area contributed by atoms with E-state index in [4.69, 9.17) is 0 Å². The van der Waals surface area contributed by atoms with Gasteiger partial charge in [-0.15, -0.1) is 0 Å². The van der Waals surface area contributed by atoms with Gasteiger partial charge in [-0.05, 0) is 49.2 Å². The van der Waals surface area contributed by atoms with Gasteiger partial charge in [0, 0.05) is 31.5 Å². The molecule has 2 aromatic rings. The van der Waals surface area contributed by atoms with Crippen molar-refractivity contribution in [1.82, 2.24) is 15.2 Å². The van der Waals surface area contributed by atoms with Crippen LogP contribution in [0, 0.1) is 17.6 Å². The highest BCUT2D eigenvalue weighted by Gasteiger charge is 2.24. The summed E-state index contributed by atoms with van der Waals surface area (Å²) < 4.78 is 27.1. The molecule has 1 saturated heterocycles. The number of nitrogens with one attached hydrogen (secondary N) is 1. The summed E-state index contributed by atoms with van der Waals surface area (Å²) in [5.74, 6) is -1.62. The fourth-order valence-corrected chi connectivity index (χ4v) is 2.95. The minimum Gasteiger partial charge on any atom is -0.334 e. The number of aromatic nitrogens is 1. The van der Waals surface area contributed by atoms with E-state index in [9.17, 15) is 13.6 Å². The van der Waals surface area contributed by atoms with Crippen molar-refractivity contribution in [3.05, 3.63) is 65.5 Å². The summed E-state index contributed by atoms with van der Waals surface area (Å²) in [6.07, 6.45) is 4.33. The molecule has 1 fully saturated rings. The van der Waals surface area contributed by atoms with E-state index in [2.05, 4.69) is 10.3 Å². The number of carbonyl (C=O) groups excluding carboxylic acids is 1. The molecule has 0 saturated carbocycles. The van der Waals surface area contributed by atoms with Crippen molar-refractivity contribution >= 4 is 5.91 Å². The second-order valence-corrected chi connectivity index (χ2v) is 6.03. The van der Waals surface area contributed by atoms with Crippen molar-refractivity contribution < 1.29 is 13.6 Å². The van der Waals surface area contributed by atoms with E-state index >= 15 is 0 Å². The molecule has 126 valence electrons. The van der Waals surface area contributed by atoms with E-state index in [1.807, 2.05) is 6.07 Å². The molecule has 1 aliphatic rings. The van der Waals surface area contributed by atoms with Crippen LogP contribution in [0.2, 0.25) is 0 Å². The smallest absolute Gasteiger partial charge is 0.257 e. The highest BCUT2D eigenvalue weighted by molar-refractivity contribution is 5.94. The average molecular weight is 331 g/mol. The zero-order valence-electron chi connectivity index (χ0n) is 13.2. The van der Waals surface area contributed by atoms with Gasteiger partial charge in [-0.25, -0.2) is 8.78 Å². The normalized spacial score (nSPS) is 17.0. The lowest BCUT2D eigenvalue weighted by Gasteiger charge is -2.26. The van der Waals surface area contributed by atoms with Gasteiger partial charge in [-0.1, -0.05) is 6.07 Å². The van der Waals surface area contributed by atoms with Crippen LogP contribution < -0.4 is 5.32 Å². The van der Waals surface area contributed by atoms with Crippen LogP contribution in [0.4, 0.5) is 8.78 Å². The monoisotopic (exact) mass is 331 g/mol. The molecule has 1 aliphatic heterocycles. The Kier molecular flexibility index (Phi) is 5.15. The number of carbonyl (C=O) groups is 1. The first-order valence-electron chi connectivity index (χ1n) is 7.97. The molecular formula is C18H19F2N3O. The first-order valence-corrected chi connectivity index (χ1v) is 7.97. The van der Waals surface area contributed by atoms with E-state index in [0.717, 1.165) is 37.2 Å². The average Bonchev–Trinajstić information content (AvgIpc) is 3.08. The summed E-state index contributed by atoms with van der Waals surface area (Å²) in [7, 11) is 0. The van der Waals surface area contributed by atoms with Crippen molar-refractivity contribution in [2.75, 3.05) is 19.6 Å². The van der Waals surface area contributed by atoms with Gasteiger partial charge in [0.25, 0.3) is 5.91 Å². The highest BCUT2D eigenvalue weighted by Crippen LogP contribution is 2.18. The van der Waals surface area contributed by atoms with Crippen LogP contribution in [-0.2, 0) is 6.54 Å². The third-order valence-corrected chi connectivity index (χ3v) is 4.19. The Labute approximate surface area is 139 Å². The number of hydrogen-bond acceptors (Lipinski definition) is 3. The fraction of sp³-hybridized carbons (Fsp3) is 0.333. The molecular weight excluding hydrogens is 312 g/mol. The van der Waals surface area contributed by atoms with Gasteiger partial charge in [-0.2, -0.15) is 0 Å². The molecule has 6 heteroatoms. The topological polar surface area (TPSA) is 45.2 Å². The first-order chi connectivity index (χ1) is 11.6. The molecule has 4 nitrogen and oxygen atoms in total. The largest absolute Gasteiger partial charge is 0.334 e. The lowest BCUT2D eigenvalue weighted by molar-refractivity contribution is 0.0713. The molecule has 3 rings (SSSR count). The summed E-state index contributed by atoms with van der Waals surface area (Å²) in [6, 6.07) is 6.73. The van der Waals surface area contributed by atoms with E-state index in [-0.39, 0.29) is 5.56 Å². The Morgan fingerprint density at radius 1 is 1.33 bits per heavy atom. The maximum Gasteiger partial charge on any atom is 0.257 e. The van der Waals surface area contributed by atoms with E-state index in [0.29, 0.717) is 19.0 Å². The zero-order chi connectivity index (χ0) is 16.9. The Balaban J connectivity index is 1.83. The first kappa shape index (κ1) is 16.5. The van der Waals surface area contributed by atoms with Crippen molar-refractivity contribution in [2.45, 2.75) is 13.0 Å². The summed E-state index contributed by atoms with van der Waals surface area (Å²) in [4.78, 5) is 18.5. The van der Waals surface area contributed by atoms with Crippen molar-refractivity contribution in [3.63, 3.8) is 0 Å². The summed E-state index contributed by atoms with van der Waals surface area (Å²) in [6.45, 7) is 2.63. The molecule has 0 bridgehead atoms. The summed E-state index contributed by atoms with van der Waals surface area (Å²) >= 11 is 0. The lowest BCUT2D eigenvalue weighted by atomic mass is 10.1. The Bertz CT molecular complexity index is 703. The summed E-state index contributed by atoms with van der Waals surface area (Å²) in [5.41, 5.74) is 0.769. The maximum atomic E-state index is 14.0. The van der Waals surface area contributed by atoms with Crippen LogP contribution in [0.3, 0.4) is 0 Å². The number of benzene rings is 1. The van der Waals surface area contributed by atoms with Crippen LogP contribution in [0.25, 0.3) is 0 Å². The van der Waals surface area contributed by atoms with Crippen LogP contribution in [-0.4, -0.2) is 35.4 Å². The molecule has 1 aromatic carbocycles. The number of hydrogen-bond donors (Lipinski definition) is 1. The second-order valence-electron chi connectivity index (χ2n) is 6.03. The molecule has 1 N–H and O–H groups in total. The molecule has 2 heterocycles. The third kappa shape index (κ3) is 3.94. The van der Waals surface area contributed by atoms with Gasteiger partial charge in [0.05, 0.1) is 5.56 Å². The van der Waals surface area contributed by atoms with Gasteiger partial charge in [0.15, 0.2) is 0 Å². The molecule has 24 heavy (non-hydrogen) atoms. The van der Waals surface area contributed by atoms with Gasteiger partial charge < -0.3 is 10.2 Å². The van der Waals surface area contributed by atoms with Crippen LogP contribution >= 0.6 is 0 Å². The summed E-state index contributed by atoms with van der Waals surface area (Å²) in [5, 5.41) is 3.27. The van der Waals surface area contributed by atoms with Gasteiger partial charge >= 0.3 is 0 Å². The number of pyridine rings is 1. The van der Waals surface area contributed by atoms with Gasteiger partial charge in [-0.3, -0.25) is 9.78 Å². The van der Waals surface area contributed by atoms with Crippen molar-refractivity contribution in [3.8, 4) is 0 Å².